The van der Waals surface area contributed by atoms with Gasteiger partial charge in [0.05, 0.1) is 18.7 Å². The van der Waals surface area contributed by atoms with Gasteiger partial charge in [-0.15, -0.1) is 11.3 Å². The summed E-state index contributed by atoms with van der Waals surface area (Å²) < 4.78 is 0. The van der Waals surface area contributed by atoms with Crippen LogP contribution in [0, 0.1) is 11.8 Å². The Balaban J connectivity index is 2.07. The number of hydrogen-bond donors (Lipinski definition) is 2. The van der Waals surface area contributed by atoms with Crippen molar-refractivity contribution in [3.8, 4) is 17.6 Å². The number of carbonyl (C=O) groups is 1. The Morgan fingerprint density at radius 2 is 2.19 bits per heavy atom. The first-order valence-corrected chi connectivity index (χ1v) is 7.29. The molecule has 0 aliphatic carbocycles. The molecule has 4 nitrogen and oxygen atoms in total. The molecule has 1 amide bonds. The van der Waals surface area contributed by atoms with Crippen LogP contribution in [0.5, 0.6) is 5.75 Å². The van der Waals surface area contributed by atoms with E-state index in [0.29, 0.717) is 18.7 Å². The van der Waals surface area contributed by atoms with E-state index in [-0.39, 0.29) is 11.7 Å². The van der Waals surface area contributed by atoms with Crippen molar-refractivity contribution in [3.63, 3.8) is 0 Å². The van der Waals surface area contributed by atoms with Gasteiger partial charge in [0, 0.05) is 22.9 Å². The molecule has 3 N–H and O–H groups in total. The summed E-state index contributed by atoms with van der Waals surface area (Å²) in [5.41, 5.74) is 6.55. The van der Waals surface area contributed by atoms with Gasteiger partial charge in [-0.3, -0.25) is 4.79 Å². The molecule has 0 bridgehead atoms. The van der Waals surface area contributed by atoms with Gasteiger partial charge in [-0.2, -0.15) is 0 Å². The van der Waals surface area contributed by atoms with Crippen molar-refractivity contribution in [2.24, 2.45) is 5.73 Å². The van der Waals surface area contributed by atoms with Crippen LogP contribution in [0.2, 0.25) is 0 Å². The molecule has 0 spiro atoms. The minimum atomic E-state index is -0.212. The number of hydrogen-bond acceptors (Lipinski definition) is 4. The monoisotopic (exact) mass is 300 g/mol. The summed E-state index contributed by atoms with van der Waals surface area (Å²) in [6.45, 7) is 0.805. The third kappa shape index (κ3) is 3.85. The first kappa shape index (κ1) is 15.1. The molecule has 0 atom stereocenters. The van der Waals surface area contributed by atoms with Gasteiger partial charge in [0.2, 0.25) is 0 Å². The van der Waals surface area contributed by atoms with Crippen molar-refractivity contribution in [2.45, 2.75) is 6.54 Å². The van der Waals surface area contributed by atoms with E-state index in [1.807, 2.05) is 11.4 Å². The van der Waals surface area contributed by atoms with Crippen molar-refractivity contribution in [1.82, 2.24) is 4.90 Å². The van der Waals surface area contributed by atoms with E-state index in [1.165, 1.54) is 6.07 Å². The fraction of sp³-hybridized carbons (Fsp3) is 0.188. The van der Waals surface area contributed by atoms with Gasteiger partial charge in [-0.25, -0.2) is 0 Å². The molecular formula is C16H16N2O2S. The summed E-state index contributed by atoms with van der Waals surface area (Å²) in [5, 5.41) is 11.7. The van der Waals surface area contributed by atoms with E-state index in [2.05, 4.69) is 11.8 Å². The summed E-state index contributed by atoms with van der Waals surface area (Å²) in [7, 11) is 1.71. The third-order valence-electron chi connectivity index (χ3n) is 2.86. The van der Waals surface area contributed by atoms with Gasteiger partial charge in [-0.05, 0) is 18.2 Å². The van der Waals surface area contributed by atoms with Crippen LogP contribution in [0.4, 0.5) is 0 Å². The van der Waals surface area contributed by atoms with Gasteiger partial charge in [0.25, 0.3) is 5.91 Å². The summed E-state index contributed by atoms with van der Waals surface area (Å²) in [5.74, 6) is 5.54. The maximum Gasteiger partial charge on any atom is 0.257 e. The van der Waals surface area contributed by atoms with E-state index in [4.69, 9.17) is 5.73 Å². The van der Waals surface area contributed by atoms with E-state index in [9.17, 15) is 9.90 Å². The number of phenolic OH excluding ortho intramolecular Hbond substituents is 1. The smallest absolute Gasteiger partial charge is 0.257 e. The van der Waals surface area contributed by atoms with Gasteiger partial charge in [0.1, 0.15) is 5.75 Å². The number of rotatable bonds is 3. The molecule has 108 valence electrons. The van der Waals surface area contributed by atoms with Crippen molar-refractivity contribution in [2.75, 3.05) is 13.6 Å². The third-order valence-corrected chi connectivity index (χ3v) is 3.78. The molecule has 5 heteroatoms. The number of aromatic hydroxyl groups is 1. The number of nitrogens with zero attached hydrogens (tertiary/aromatic N) is 1. The Morgan fingerprint density at radius 1 is 1.43 bits per heavy atom. The second kappa shape index (κ2) is 6.93. The lowest BCUT2D eigenvalue weighted by molar-refractivity contribution is 0.0783. The molecule has 0 aliphatic rings. The molecule has 21 heavy (non-hydrogen) atoms. The summed E-state index contributed by atoms with van der Waals surface area (Å²) in [4.78, 5) is 14.9. The standard InChI is InChI=1S/C16H16N2O2S/c1-18(16(20)14-6-2-3-7-15(14)19)10-13-9-12(11-21-13)5-4-8-17/h2-3,6-7,9,11,19H,8,10,17H2,1H3. The summed E-state index contributed by atoms with van der Waals surface area (Å²) in [6.07, 6.45) is 0. The molecule has 0 unspecified atom stereocenters. The highest BCUT2D eigenvalue weighted by molar-refractivity contribution is 7.10. The highest BCUT2D eigenvalue weighted by atomic mass is 32.1. The van der Waals surface area contributed by atoms with Gasteiger partial charge in [0.15, 0.2) is 0 Å². The molecule has 0 saturated carbocycles. The lowest BCUT2D eigenvalue weighted by atomic mass is 10.2. The molecular weight excluding hydrogens is 284 g/mol. The fourth-order valence-electron chi connectivity index (χ4n) is 1.85. The molecule has 0 radical (unpaired) electrons. The Labute approximate surface area is 127 Å². The number of para-hydroxylation sites is 1. The first-order chi connectivity index (χ1) is 10.1. The zero-order valence-corrected chi connectivity index (χ0v) is 12.5. The highest BCUT2D eigenvalue weighted by Gasteiger charge is 2.15. The van der Waals surface area contributed by atoms with E-state index in [0.717, 1.165) is 10.4 Å². The first-order valence-electron chi connectivity index (χ1n) is 6.41. The van der Waals surface area contributed by atoms with Crippen LogP contribution in [0.1, 0.15) is 20.8 Å². The number of nitrogens with two attached hydrogens (primary N) is 1. The van der Waals surface area contributed by atoms with Crippen molar-refractivity contribution in [3.05, 3.63) is 51.7 Å². The number of carbonyl (C=O) groups excluding carboxylic acids is 1. The van der Waals surface area contributed by atoms with Crippen molar-refractivity contribution >= 4 is 17.2 Å². The highest BCUT2D eigenvalue weighted by Crippen LogP contribution is 2.20. The number of thiophene rings is 1. The van der Waals surface area contributed by atoms with Gasteiger partial charge >= 0.3 is 0 Å². The predicted octanol–water partition coefficient (Wildman–Crippen LogP) is 2.04. The van der Waals surface area contributed by atoms with Crippen LogP contribution in [0.3, 0.4) is 0 Å². The second-order valence-electron chi connectivity index (χ2n) is 4.49. The van der Waals surface area contributed by atoms with Crippen LogP contribution in [-0.2, 0) is 6.54 Å². The Kier molecular flexibility index (Phi) is 4.99. The van der Waals surface area contributed by atoms with E-state index in [1.54, 1.807) is 41.5 Å². The van der Waals surface area contributed by atoms with E-state index >= 15 is 0 Å². The average molecular weight is 300 g/mol. The molecule has 1 aromatic carbocycles. The lowest BCUT2D eigenvalue weighted by Crippen LogP contribution is -2.25. The zero-order chi connectivity index (χ0) is 15.2. The van der Waals surface area contributed by atoms with Crippen LogP contribution in [0.15, 0.2) is 35.7 Å². The van der Waals surface area contributed by atoms with Crippen LogP contribution >= 0.6 is 11.3 Å². The number of amides is 1. The SMILES string of the molecule is CN(Cc1cc(C#CCN)cs1)C(=O)c1ccccc1O. The Morgan fingerprint density at radius 3 is 2.90 bits per heavy atom. The minimum Gasteiger partial charge on any atom is -0.507 e. The minimum absolute atomic E-state index is 0.00460. The average Bonchev–Trinajstić information content (AvgIpc) is 2.92. The maximum absolute atomic E-state index is 12.3. The fourth-order valence-corrected chi connectivity index (χ4v) is 2.72. The van der Waals surface area contributed by atoms with Crippen molar-refractivity contribution in [1.29, 1.82) is 0 Å². The number of phenols is 1. The lowest BCUT2D eigenvalue weighted by Gasteiger charge is -2.16. The zero-order valence-electron chi connectivity index (χ0n) is 11.7. The molecule has 1 heterocycles. The molecule has 0 aliphatic heterocycles. The quantitative estimate of drug-likeness (QED) is 0.852. The number of benzene rings is 1. The van der Waals surface area contributed by atoms with Crippen molar-refractivity contribution < 1.29 is 9.90 Å². The van der Waals surface area contributed by atoms with Crippen LogP contribution in [0.25, 0.3) is 0 Å². The largest absolute Gasteiger partial charge is 0.507 e. The Hall–Kier alpha value is -2.29. The van der Waals surface area contributed by atoms with Gasteiger partial charge < -0.3 is 15.7 Å². The maximum atomic E-state index is 12.3. The molecule has 1 aromatic heterocycles. The molecule has 2 rings (SSSR count). The summed E-state index contributed by atoms with van der Waals surface area (Å²) in [6, 6.07) is 8.48. The predicted molar refractivity (Wildman–Crippen MR) is 84.2 cm³/mol. The summed E-state index contributed by atoms with van der Waals surface area (Å²) >= 11 is 1.55. The normalized spacial score (nSPS) is 9.81. The molecule has 0 fully saturated rings. The second-order valence-corrected chi connectivity index (χ2v) is 5.48. The molecule has 2 aromatic rings. The Bertz CT molecular complexity index is 698. The van der Waals surface area contributed by atoms with Crippen LogP contribution in [-0.4, -0.2) is 29.5 Å². The molecule has 0 saturated heterocycles. The van der Waals surface area contributed by atoms with Gasteiger partial charge in [-0.1, -0.05) is 24.0 Å². The van der Waals surface area contributed by atoms with Crippen LogP contribution < -0.4 is 5.73 Å². The van der Waals surface area contributed by atoms with E-state index < -0.39 is 0 Å². The topological polar surface area (TPSA) is 66.6 Å².